The van der Waals surface area contributed by atoms with Gasteiger partial charge < -0.3 is 9.30 Å². The SMILES string of the molecule is COC1CCC(n2cnc3ccc(-c4cc(C5CC5)c(-c5cc(C#N)ccn5)cn4)cc32)CC1. The van der Waals surface area contributed by atoms with Gasteiger partial charge >= 0.3 is 0 Å². The molecular weight excluding hydrogens is 422 g/mol. The molecule has 0 aliphatic heterocycles. The molecule has 3 heterocycles. The van der Waals surface area contributed by atoms with Crippen LogP contribution in [0.2, 0.25) is 0 Å². The fourth-order valence-electron chi connectivity index (χ4n) is 5.26. The molecule has 0 radical (unpaired) electrons. The Balaban J connectivity index is 1.37. The third-order valence-electron chi connectivity index (χ3n) is 7.36. The largest absolute Gasteiger partial charge is 0.381 e. The number of pyridine rings is 2. The van der Waals surface area contributed by atoms with Gasteiger partial charge in [0.1, 0.15) is 0 Å². The number of imidazole rings is 1. The number of ether oxygens (including phenoxy) is 1. The Morgan fingerprint density at radius 3 is 2.56 bits per heavy atom. The van der Waals surface area contributed by atoms with E-state index in [-0.39, 0.29) is 0 Å². The standard InChI is InChI=1S/C28H27N5O/c1-34-22-7-5-21(6-8-22)33-17-32-25-9-4-20(13-28(25)33)26-14-23(19-2-3-19)24(16-31-26)27-12-18(15-29)10-11-30-27/h4,9-14,16-17,19,21-22H,2-3,5-8H2,1H3. The Kier molecular flexibility index (Phi) is 5.35. The van der Waals surface area contributed by atoms with Crippen molar-refractivity contribution in [3.8, 4) is 28.6 Å². The Morgan fingerprint density at radius 1 is 0.941 bits per heavy atom. The van der Waals surface area contributed by atoms with Gasteiger partial charge in [0, 0.05) is 36.7 Å². The number of fused-ring (bicyclic) bond motifs is 1. The summed E-state index contributed by atoms with van der Waals surface area (Å²) < 4.78 is 7.90. The zero-order valence-electron chi connectivity index (χ0n) is 19.3. The zero-order valence-corrected chi connectivity index (χ0v) is 19.3. The highest BCUT2D eigenvalue weighted by molar-refractivity contribution is 5.82. The van der Waals surface area contributed by atoms with Crippen molar-refractivity contribution in [1.29, 1.82) is 5.26 Å². The number of nitrogens with zero attached hydrogens (tertiary/aromatic N) is 5. The minimum Gasteiger partial charge on any atom is -0.381 e. The molecule has 0 saturated heterocycles. The molecule has 4 aromatic rings. The molecule has 0 spiro atoms. The molecule has 0 atom stereocenters. The summed E-state index contributed by atoms with van der Waals surface area (Å²) in [6, 6.07) is 14.9. The van der Waals surface area contributed by atoms with Crippen molar-refractivity contribution in [2.75, 3.05) is 7.11 Å². The molecule has 170 valence electrons. The van der Waals surface area contributed by atoms with Crippen molar-refractivity contribution >= 4 is 11.0 Å². The molecule has 6 heteroatoms. The van der Waals surface area contributed by atoms with E-state index in [1.54, 1.807) is 12.3 Å². The quantitative estimate of drug-likeness (QED) is 0.371. The lowest BCUT2D eigenvalue weighted by atomic mass is 9.92. The van der Waals surface area contributed by atoms with Gasteiger partial charge in [-0.2, -0.15) is 5.26 Å². The van der Waals surface area contributed by atoms with Crippen LogP contribution in [0.25, 0.3) is 33.5 Å². The van der Waals surface area contributed by atoms with Crippen LogP contribution in [-0.2, 0) is 4.74 Å². The molecule has 2 saturated carbocycles. The summed E-state index contributed by atoms with van der Waals surface area (Å²) in [5.74, 6) is 0.537. The highest BCUT2D eigenvalue weighted by atomic mass is 16.5. The van der Waals surface area contributed by atoms with E-state index < -0.39 is 0 Å². The minimum atomic E-state index is 0.383. The molecule has 6 rings (SSSR count). The highest BCUT2D eigenvalue weighted by Gasteiger charge is 2.28. The van der Waals surface area contributed by atoms with E-state index in [2.05, 4.69) is 44.9 Å². The highest BCUT2D eigenvalue weighted by Crippen LogP contribution is 2.45. The van der Waals surface area contributed by atoms with Gasteiger partial charge in [-0.1, -0.05) is 6.07 Å². The average Bonchev–Trinajstić information content (AvgIpc) is 3.67. The second kappa shape index (κ2) is 8.66. The lowest BCUT2D eigenvalue weighted by Crippen LogP contribution is -2.22. The van der Waals surface area contributed by atoms with Crippen molar-refractivity contribution in [3.05, 3.63) is 66.2 Å². The van der Waals surface area contributed by atoms with Gasteiger partial charge in [0.05, 0.1) is 46.5 Å². The van der Waals surface area contributed by atoms with E-state index in [9.17, 15) is 5.26 Å². The first-order valence-electron chi connectivity index (χ1n) is 12.1. The second-order valence-electron chi connectivity index (χ2n) is 9.49. The number of aromatic nitrogens is 4. The lowest BCUT2D eigenvalue weighted by molar-refractivity contribution is 0.0589. The van der Waals surface area contributed by atoms with E-state index in [1.807, 2.05) is 25.7 Å². The fraction of sp³-hybridized carbons (Fsp3) is 0.357. The van der Waals surface area contributed by atoms with Crippen molar-refractivity contribution in [3.63, 3.8) is 0 Å². The average molecular weight is 450 g/mol. The summed E-state index contributed by atoms with van der Waals surface area (Å²) in [4.78, 5) is 14.0. The van der Waals surface area contributed by atoms with Crippen LogP contribution in [0.4, 0.5) is 0 Å². The zero-order chi connectivity index (χ0) is 23.1. The molecular formula is C28H27N5O. The topological polar surface area (TPSA) is 76.6 Å². The molecule has 0 amide bonds. The number of benzene rings is 1. The summed E-state index contributed by atoms with van der Waals surface area (Å²) in [5, 5.41) is 9.30. The molecule has 0 bridgehead atoms. The van der Waals surface area contributed by atoms with Gasteiger partial charge in [-0.3, -0.25) is 9.97 Å². The van der Waals surface area contributed by atoms with Gasteiger partial charge in [0.25, 0.3) is 0 Å². The van der Waals surface area contributed by atoms with Crippen LogP contribution in [0.1, 0.15) is 61.6 Å². The molecule has 0 unspecified atom stereocenters. The van der Waals surface area contributed by atoms with E-state index >= 15 is 0 Å². The van der Waals surface area contributed by atoms with Crippen molar-refractivity contribution in [1.82, 2.24) is 19.5 Å². The normalized spacial score (nSPS) is 20.4. The third kappa shape index (κ3) is 3.86. The number of hydrogen-bond donors (Lipinski definition) is 0. The van der Waals surface area contributed by atoms with Crippen LogP contribution in [0.15, 0.2) is 55.1 Å². The van der Waals surface area contributed by atoms with Crippen molar-refractivity contribution in [2.45, 2.75) is 56.6 Å². The Labute approximate surface area is 199 Å². The Hall–Kier alpha value is -3.56. The van der Waals surface area contributed by atoms with Gasteiger partial charge in [-0.25, -0.2) is 4.98 Å². The molecule has 34 heavy (non-hydrogen) atoms. The van der Waals surface area contributed by atoms with E-state index in [4.69, 9.17) is 9.72 Å². The minimum absolute atomic E-state index is 0.383. The predicted octanol–water partition coefficient (Wildman–Crippen LogP) is 6.04. The summed E-state index contributed by atoms with van der Waals surface area (Å²) in [7, 11) is 1.81. The van der Waals surface area contributed by atoms with Crippen LogP contribution in [-0.4, -0.2) is 32.7 Å². The van der Waals surface area contributed by atoms with Gasteiger partial charge in [0.2, 0.25) is 0 Å². The Bertz CT molecular complexity index is 1390. The molecule has 1 aromatic carbocycles. The summed E-state index contributed by atoms with van der Waals surface area (Å²) >= 11 is 0. The number of rotatable bonds is 5. The molecule has 3 aromatic heterocycles. The first kappa shape index (κ1) is 21.0. The predicted molar refractivity (Wildman–Crippen MR) is 131 cm³/mol. The maximum atomic E-state index is 9.30. The number of hydrogen-bond acceptors (Lipinski definition) is 5. The lowest BCUT2D eigenvalue weighted by Gasteiger charge is -2.28. The van der Waals surface area contributed by atoms with Gasteiger partial charge in [-0.15, -0.1) is 0 Å². The molecule has 0 N–H and O–H groups in total. The summed E-state index contributed by atoms with van der Waals surface area (Å²) in [6.07, 6.45) is 12.8. The van der Waals surface area contributed by atoms with Crippen LogP contribution in [0.5, 0.6) is 0 Å². The Morgan fingerprint density at radius 2 is 1.79 bits per heavy atom. The molecule has 2 aliphatic carbocycles. The summed E-state index contributed by atoms with van der Waals surface area (Å²) in [6.45, 7) is 0. The fourth-order valence-corrected chi connectivity index (χ4v) is 5.26. The maximum absolute atomic E-state index is 9.30. The van der Waals surface area contributed by atoms with Crippen LogP contribution >= 0.6 is 0 Å². The van der Waals surface area contributed by atoms with E-state index in [1.165, 1.54) is 23.9 Å². The molecule has 2 aliphatic rings. The molecule has 6 nitrogen and oxygen atoms in total. The number of methoxy groups -OCH3 is 1. The van der Waals surface area contributed by atoms with Gasteiger partial charge in [-0.05, 0) is 80.3 Å². The maximum Gasteiger partial charge on any atom is 0.0992 e. The van der Waals surface area contributed by atoms with Gasteiger partial charge in [0.15, 0.2) is 0 Å². The van der Waals surface area contributed by atoms with Crippen LogP contribution in [0.3, 0.4) is 0 Å². The first-order chi connectivity index (χ1) is 16.7. The summed E-state index contributed by atoms with van der Waals surface area (Å²) in [5.41, 5.74) is 8.01. The van der Waals surface area contributed by atoms with E-state index in [0.717, 1.165) is 53.7 Å². The monoisotopic (exact) mass is 449 g/mol. The smallest absolute Gasteiger partial charge is 0.0992 e. The second-order valence-corrected chi connectivity index (χ2v) is 9.49. The number of nitriles is 1. The van der Waals surface area contributed by atoms with Crippen molar-refractivity contribution in [2.24, 2.45) is 0 Å². The van der Waals surface area contributed by atoms with Crippen molar-refractivity contribution < 1.29 is 4.74 Å². The third-order valence-corrected chi connectivity index (χ3v) is 7.36. The van der Waals surface area contributed by atoms with Crippen LogP contribution in [0, 0.1) is 11.3 Å². The van der Waals surface area contributed by atoms with E-state index in [0.29, 0.717) is 23.6 Å². The first-order valence-corrected chi connectivity index (χ1v) is 12.1. The molecule has 2 fully saturated rings. The van der Waals surface area contributed by atoms with Crippen LogP contribution < -0.4 is 0 Å².